The van der Waals surface area contributed by atoms with Gasteiger partial charge in [0.2, 0.25) is 0 Å². The standard InChI is InChI=1S/C22H27N3O2/c1-16-10-11-20-18(14-16)25-19(21(27-20)17-8-5-4-6-9-17)15-24(22(25)26)13-7-12-23(2)3/h4-6,8-11,14,19,21H,7,12-13,15H2,1-3H3. The van der Waals surface area contributed by atoms with Gasteiger partial charge in [-0.05, 0) is 57.2 Å². The Kier molecular flexibility index (Phi) is 4.79. The van der Waals surface area contributed by atoms with Crippen molar-refractivity contribution < 1.29 is 9.53 Å². The van der Waals surface area contributed by atoms with Gasteiger partial charge in [0, 0.05) is 13.1 Å². The molecule has 1 saturated heterocycles. The molecule has 2 atom stereocenters. The van der Waals surface area contributed by atoms with Crippen LogP contribution >= 0.6 is 0 Å². The van der Waals surface area contributed by atoms with E-state index in [1.54, 1.807) is 0 Å². The molecular weight excluding hydrogens is 338 g/mol. The van der Waals surface area contributed by atoms with Crippen LogP contribution in [-0.2, 0) is 0 Å². The van der Waals surface area contributed by atoms with Crippen LogP contribution < -0.4 is 9.64 Å². The molecule has 0 bridgehead atoms. The molecule has 4 rings (SSSR count). The fraction of sp³-hybridized carbons (Fsp3) is 0.409. The highest BCUT2D eigenvalue weighted by atomic mass is 16.5. The van der Waals surface area contributed by atoms with Crippen LogP contribution in [0.1, 0.15) is 23.7 Å². The van der Waals surface area contributed by atoms with Crippen LogP contribution in [-0.4, -0.2) is 55.6 Å². The van der Waals surface area contributed by atoms with Crippen molar-refractivity contribution in [1.29, 1.82) is 0 Å². The second-order valence-electron chi connectivity index (χ2n) is 7.74. The first kappa shape index (κ1) is 17.9. The van der Waals surface area contributed by atoms with Crippen molar-refractivity contribution >= 4 is 11.7 Å². The highest BCUT2D eigenvalue weighted by Gasteiger charge is 2.47. The van der Waals surface area contributed by atoms with E-state index in [1.807, 2.05) is 47.1 Å². The van der Waals surface area contributed by atoms with E-state index in [2.05, 4.69) is 37.2 Å². The van der Waals surface area contributed by atoms with Crippen molar-refractivity contribution in [3.63, 3.8) is 0 Å². The lowest BCUT2D eigenvalue weighted by atomic mass is 9.98. The van der Waals surface area contributed by atoms with E-state index in [9.17, 15) is 4.79 Å². The van der Waals surface area contributed by atoms with Crippen LogP contribution in [0.5, 0.6) is 5.75 Å². The lowest BCUT2D eigenvalue weighted by Gasteiger charge is -2.37. The van der Waals surface area contributed by atoms with Gasteiger partial charge in [-0.15, -0.1) is 0 Å². The molecule has 2 amide bonds. The molecule has 1 fully saturated rings. The molecule has 2 heterocycles. The van der Waals surface area contributed by atoms with Crippen molar-refractivity contribution in [3.05, 3.63) is 59.7 Å². The Morgan fingerprint density at radius 1 is 1.15 bits per heavy atom. The van der Waals surface area contributed by atoms with E-state index in [-0.39, 0.29) is 18.2 Å². The van der Waals surface area contributed by atoms with Gasteiger partial charge in [0.25, 0.3) is 0 Å². The number of hydrogen-bond acceptors (Lipinski definition) is 3. The molecule has 5 nitrogen and oxygen atoms in total. The Morgan fingerprint density at radius 3 is 2.67 bits per heavy atom. The summed E-state index contributed by atoms with van der Waals surface area (Å²) >= 11 is 0. The number of hydrogen-bond donors (Lipinski definition) is 0. The van der Waals surface area contributed by atoms with Crippen molar-refractivity contribution in [2.75, 3.05) is 38.6 Å². The maximum atomic E-state index is 13.2. The zero-order valence-corrected chi connectivity index (χ0v) is 16.3. The normalized spacial score (nSPS) is 21.3. The van der Waals surface area contributed by atoms with Crippen LogP contribution in [0.2, 0.25) is 0 Å². The lowest BCUT2D eigenvalue weighted by molar-refractivity contribution is 0.159. The predicted octanol–water partition coefficient (Wildman–Crippen LogP) is 3.69. The Balaban J connectivity index is 1.67. The summed E-state index contributed by atoms with van der Waals surface area (Å²) in [7, 11) is 4.13. The number of ether oxygens (including phenoxy) is 1. The molecule has 0 radical (unpaired) electrons. The third-order valence-electron chi connectivity index (χ3n) is 5.35. The molecule has 0 aliphatic carbocycles. The van der Waals surface area contributed by atoms with Gasteiger partial charge in [0.1, 0.15) is 11.9 Å². The minimum Gasteiger partial charge on any atom is -0.481 e. The number of anilines is 1. The van der Waals surface area contributed by atoms with Crippen LogP contribution in [0.3, 0.4) is 0 Å². The monoisotopic (exact) mass is 365 g/mol. The molecule has 2 unspecified atom stereocenters. The van der Waals surface area contributed by atoms with Crippen LogP contribution in [0.4, 0.5) is 10.5 Å². The summed E-state index contributed by atoms with van der Waals surface area (Å²) in [5.41, 5.74) is 3.14. The molecule has 142 valence electrons. The fourth-order valence-corrected chi connectivity index (χ4v) is 4.02. The Bertz CT molecular complexity index is 822. The molecule has 2 aromatic carbocycles. The highest BCUT2D eigenvalue weighted by molar-refractivity contribution is 5.97. The minimum absolute atomic E-state index is 0.00597. The maximum Gasteiger partial charge on any atom is 0.325 e. The lowest BCUT2D eigenvalue weighted by Crippen LogP contribution is -2.43. The van der Waals surface area contributed by atoms with Gasteiger partial charge in [-0.1, -0.05) is 36.4 Å². The van der Waals surface area contributed by atoms with Gasteiger partial charge in [0.15, 0.2) is 0 Å². The third kappa shape index (κ3) is 3.39. The molecule has 0 aromatic heterocycles. The molecule has 0 saturated carbocycles. The largest absolute Gasteiger partial charge is 0.481 e. The summed E-state index contributed by atoms with van der Waals surface area (Å²) in [5, 5.41) is 0. The quantitative estimate of drug-likeness (QED) is 0.811. The summed E-state index contributed by atoms with van der Waals surface area (Å²) in [6.45, 7) is 4.49. The number of carbonyl (C=O) groups excluding carboxylic acids is 1. The zero-order chi connectivity index (χ0) is 19.0. The number of carbonyl (C=O) groups is 1. The number of benzene rings is 2. The Hall–Kier alpha value is -2.53. The number of amides is 2. The zero-order valence-electron chi connectivity index (χ0n) is 16.3. The second kappa shape index (κ2) is 7.24. The molecule has 5 heteroatoms. The summed E-state index contributed by atoms with van der Waals surface area (Å²) < 4.78 is 6.40. The fourth-order valence-electron chi connectivity index (χ4n) is 4.02. The van der Waals surface area contributed by atoms with Gasteiger partial charge in [-0.3, -0.25) is 4.90 Å². The Morgan fingerprint density at radius 2 is 1.93 bits per heavy atom. The molecule has 0 spiro atoms. The minimum atomic E-state index is -0.149. The average Bonchev–Trinajstić information content (AvgIpc) is 2.98. The van der Waals surface area contributed by atoms with Gasteiger partial charge in [0.05, 0.1) is 11.7 Å². The van der Waals surface area contributed by atoms with Gasteiger partial charge in [-0.2, -0.15) is 0 Å². The molecule has 2 aliphatic rings. The van der Waals surface area contributed by atoms with E-state index in [0.717, 1.165) is 42.1 Å². The number of urea groups is 1. The number of aryl methyl sites for hydroxylation is 1. The third-order valence-corrected chi connectivity index (χ3v) is 5.35. The first-order valence-electron chi connectivity index (χ1n) is 9.60. The van der Waals surface area contributed by atoms with E-state index in [4.69, 9.17) is 4.74 Å². The SMILES string of the molecule is Cc1ccc2c(c1)N1C(=O)N(CCCN(C)C)CC1C(c1ccccc1)O2. The Labute approximate surface area is 161 Å². The maximum absolute atomic E-state index is 13.2. The van der Waals surface area contributed by atoms with Crippen molar-refractivity contribution in [2.45, 2.75) is 25.5 Å². The average molecular weight is 365 g/mol. The molecule has 27 heavy (non-hydrogen) atoms. The van der Waals surface area contributed by atoms with Crippen LogP contribution in [0.15, 0.2) is 48.5 Å². The molecule has 2 aromatic rings. The number of nitrogens with zero attached hydrogens (tertiary/aromatic N) is 3. The van der Waals surface area contributed by atoms with Crippen molar-refractivity contribution in [1.82, 2.24) is 9.80 Å². The second-order valence-corrected chi connectivity index (χ2v) is 7.74. The number of rotatable bonds is 5. The van der Waals surface area contributed by atoms with Gasteiger partial charge in [-0.25, -0.2) is 4.79 Å². The van der Waals surface area contributed by atoms with E-state index < -0.39 is 0 Å². The summed E-state index contributed by atoms with van der Waals surface area (Å²) in [6, 6.07) is 16.4. The molecule has 2 aliphatic heterocycles. The molecular formula is C22H27N3O2. The predicted molar refractivity (Wildman–Crippen MR) is 107 cm³/mol. The van der Waals surface area contributed by atoms with E-state index in [1.165, 1.54) is 0 Å². The van der Waals surface area contributed by atoms with Crippen molar-refractivity contribution in [3.8, 4) is 5.75 Å². The van der Waals surface area contributed by atoms with E-state index in [0.29, 0.717) is 6.54 Å². The van der Waals surface area contributed by atoms with Crippen molar-refractivity contribution in [2.24, 2.45) is 0 Å². The number of fused-ring (bicyclic) bond motifs is 3. The van der Waals surface area contributed by atoms with E-state index >= 15 is 0 Å². The topological polar surface area (TPSA) is 36.0 Å². The first-order chi connectivity index (χ1) is 13.0. The van der Waals surface area contributed by atoms with Gasteiger partial charge >= 0.3 is 6.03 Å². The summed E-state index contributed by atoms with van der Waals surface area (Å²) in [5.74, 6) is 0.786. The molecule has 0 N–H and O–H groups in total. The first-order valence-corrected chi connectivity index (χ1v) is 9.60. The smallest absolute Gasteiger partial charge is 0.325 e. The summed E-state index contributed by atoms with van der Waals surface area (Å²) in [6.07, 6.45) is 0.820. The van der Waals surface area contributed by atoms with Gasteiger partial charge < -0.3 is 14.5 Å². The summed E-state index contributed by atoms with van der Waals surface area (Å²) in [4.78, 5) is 19.3. The highest BCUT2D eigenvalue weighted by Crippen LogP contribution is 2.45. The van der Waals surface area contributed by atoms with Crippen LogP contribution in [0.25, 0.3) is 0 Å². The van der Waals surface area contributed by atoms with Crippen LogP contribution in [0, 0.1) is 6.92 Å².